The van der Waals surface area contributed by atoms with Gasteiger partial charge in [-0.25, -0.2) is 0 Å². The zero-order valence-corrected chi connectivity index (χ0v) is 16.1. The lowest BCUT2D eigenvalue weighted by molar-refractivity contribution is -0.137. The molecule has 0 spiro atoms. The van der Waals surface area contributed by atoms with Gasteiger partial charge in [0.1, 0.15) is 0 Å². The minimum absolute atomic E-state index is 0.0451. The summed E-state index contributed by atoms with van der Waals surface area (Å²) in [6.07, 6.45) is -3.59. The predicted octanol–water partition coefficient (Wildman–Crippen LogP) is 5.08. The summed E-state index contributed by atoms with van der Waals surface area (Å²) < 4.78 is 38.4. The highest BCUT2D eigenvalue weighted by molar-refractivity contribution is 6.34. The van der Waals surface area contributed by atoms with Gasteiger partial charge in [0.15, 0.2) is 5.78 Å². The molecular weight excluding hydrogens is 409 g/mol. The third-order valence-electron chi connectivity index (χ3n) is 3.81. The number of halogens is 4. The third-order valence-corrected chi connectivity index (χ3v) is 4.14. The first-order chi connectivity index (χ1) is 13.5. The molecule has 29 heavy (non-hydrogen) atoms. The van der Waals surface area contributed by atoms with Crippen LogP contribution in [0.5, 0.6) is 0 Å². The van der Waals surface area contributed by atoms with Crippen LogP contribution in [0.1, 0.15) is 29.8 Å². The molecule has 0 fully saturated rings. The van der Waals surface area contributed by atoms with Crippen LogP contribution < -0.4 is 10.6 Å². The largest absolute Gasteiger partial charge is 0.416 e. The minimum Gasteiger partial charge on any atom is -0.323 e. The van der Waals surface area contributed by atoms with Crippen molar-refractivity contribution in [2.24, 2.45) is 0 Å². The zero-order valence-electron chi connectivity index (χ0n) is 15.4. The quantitative estimate of drug-likeness (QED) is 0.519. The maximum Gasteiger partial charge on any atom is 0.416 e. The van der Waals surface area contributed by atoms with Crippen LogP contribution in [0.4, 0.5) is 24.5 Å². The molecular formula is C20H16ClF3N2O3. The van der Waals surface area contributed by atoms with E-state index in [2.05, 4.69) is 10.6 Å². The summed E-state index contributed by atoms with van der Waals surface area (Å²) in [7, 11) is 0. The van der Waals surface area contributed by atoms with Crippen molar-refractivity contribution < 1.29 is 27.6 Å². The molecule has 2 N–H and O–H groups in total. The second-order valence-electron chi connectivity index (χ2n) is 6.10. The molecule has 0 heterocycles. The molecule has 0 aromatic heterocycles. The highest BCUT2D eigenvalue weighted by atomic mass is 35.5. The Kier molecular flexibility index (Phi) is 6.81. The lowest BCUT2D eigenvalue weighted by Crippen LogP contribution is -2.17. The maximum absolute atomic E-state index is 12.8. The van der Waals surface area contributed by atoms with E-state index in [-0.39, 0.29) is 22.1 Å². The molecule has 0 radical (unpaired) electrons. The second-order valence-corrected chi connectivity index (χ2v) is 6.50. The van der Waals surface area contributed by atoms with Crippen LogP contribution in [0.25, 0.3) is 0 Å². The molecule has 9 heteroatoms. The molecule has 0 unspecified atom stereocenters. The first kappa shape index (κ1) is 22.2. The predicted molar refractivity (Wildman–Crippen MR) is 104 cm³/mol. The fraction of sp³-hybridized carbons (Fsp3) is 0.150. The summed E-state index contributed by atoms with van der Waals surface area (Å²) in [5, 5.41) is 4.70. The van der Waals surface area contributed by atoms with Gasteiger partial charge in [0, 0.05) is 22.9 Å². The summed E-state index contributed by atoms with van der Waals surface area (Å²) in [6.45, 7) is 2.74. The van der Waals surface area contributed by atoms with Crippen LogP contribution >= 0.6 is 11.6 Å². The summed E-state index contributed by atoms with van der Waals surface area (Å²) >= 11 is 5.84. The Labute approximate surface area is 169 Å². The Morgan fingerprint density at radius 1 is 0.966 bits per heavy atom. The number of hydrogen-bond acceptors (Lipinski definition) is 3. The molecule has 0 bridgehead atoms. The van der Waals surface area contributed by atoms with Crippen LogP contribution in [-0.2, 0) is 15.8 Å². The Morgan fingerprint density at radius 3 is 2.14 bits per heavy atom. The van der Waals surface area contributed by atoms with Gasteiger partial charge in [-0.3, -0.25) is 14.4 Å². The van der Waals surface area contributed by atoms with E-state index < -0.39 is 23.6 Å². The fourth-order valence-electron chi connectivity index (χ4n) is 2.25. The molecule has 0 aliphatic carbocycles. The molecule has 2 rings (SSSR count). The standard InChI is InChI=1S/C20H16ClF3N2O3/c1-11(9-18(28)25-15-6-3-13(4-7-15)12(2)27)19(29)26-17-10-14(20(22,23)24)5-8-16(17)21/h3-10H,1-2H3,(H,25,28)(H,26,29)/b11-9-. The number of alkyl halides is 3. The van der Waals surface area contributed by atoms with Crippen LogP contribution in [0.3, 0.4) is 0 Å². The maximum atomic E-state index is 12.8. The first-order valence-corrected chi connectivity index (χ1v) is 8.63. The van der Waals surface area contributed by atoms with Gasteiger partial charge in [-0.2, -0.15) is 13.2 Å². The number of Topliss-reactive ketones (excluding diaryl/α,β-unsaturated/α-hetero) is 1. The monoisotopic (exact) mass is 424 g/mol. The molecule has 0 saturated heterocycles. The lowest BCUT2D eigenvalue weighted by atomic mass is 10.1. The van der Waals surface area contributed by atoms with E-state index in [0.29, 0.717) is 17.3 Å². The van der Waals surface area contributed by atoms with Crippen molar-refractivity contribution in [3.8, 4) is 0 Å². The van der Waals surface area contributed by atoms with E-state index in [1.54, 1.807) is 0 Å². The van der Waals surface area contributed by atoms with E-state index in [9.17, 15) is 27.6 Å². The summed E-state index contributed by atoms with van der Waals surface area (Å²) in [5.74, 6) is -1.53. The highest BCUT2D eigenvalue weighted by Crippen LogP contribution is 2.33. The van der Waals surface area contributed by atoms with E-state index in [1.807, 2.05) is 0 Å². The fourth-order valence-corrected chi connectivity index (χ4v) is 2.41. The van der Waals surface area contributed by atoms with Crippen molar-refractivity contribution in [3.05, 3.63) is 70.3 Å². The van der Waals surface area contributed by atoms with Crippen molar-refractivity contribution >= 4 is 40.6 Å². The Balaban J connectivity index is 2.08. The van der Waals surface area contributed by atoms with Gasteiger partial charge in [-0.1, -0.05) is 11.6 Å². The van der Waals surface area contributed by atoms with E-state index in [0.717, 1.165) is 18.2 Å². The van der Waals surface area contributed by atoms with Crippen LogP contribution in [-0.4, -0.2) is 17.6 Å². The number of nitrogens with one attached hydrogen (secondary N) is 2. The molecule has 0 atom stereocenters. The lowest BCUT2D eigenvalue weighted by Gasteiger charge is -2.12. The molecule has 2 amide bonds. The molecule has 0 aliphatic heterocycles. The summed E-state index contributed by atoms with van der Waals surface area (Å²) in [5.41, 5.74) is -0.348. The second kappa shape index (κ2) is 8.91. The number of carbonyl (C=O) groups excluding carboxylic acids is 3. The smallest absolute Gasteiger partial charge is 0.323 e. The first-order valence-electron chi connectivity index (χ1n) is 8.26. The Morgan fingerprint density at radius 2 is 1.59 bits per heavy atom. The Bertz CT molecular complexity index is 983. The van der Waals surface area contributed by atoms with Crippen molar-refractivity contribution in [2.75, 3.05) is 10.6 Å². The van der Waals surface area contributed by atoms with Gasteiger partial charge in [0.25, 0.3) is 5.91 Å². The number of hydrogen-bond donors (Lipinski definition) is 2. The average Bonchev–Trinajstić information content (AvgIpc) is 2.62. The van der Waals surface area contributed by atoms with Gasteiger partial charge in [0.05, 0.1) is 16.3 Å². The number of ketones is 1. The molecule has 152 valence electrons. The number of amides is 2. The van der Waals surface area contributed by atoms with Crippen LogP contribution in [0.15, 0.2) is 54.1 Å². The highest BCUT2D eigenvalue weighted by Gasteiger charge is 2.31. The normalized spacial score (nSPS) is 11.7. The zero-order chi connectivity index (χ0) is 21.8. The number of carbonyl (C=O) groups is 3. The topological polar surface area (TPSA) is 75.3 Å². The molecule has 2 aromatic carbocycles. The van der Waals surface area contributed by atoms with Crippen LogP contribution in [0, 0.1) is 0 Å². The van der Waals surface area contributed by atoms with E-state index >= 15 is 0 Å². The van der Waals surface area contributed by atoms with E-state index in [4.69, 9.17) is 11.6 Å². The SMILES string of the molecule is CC(=O)c1ccc(NC(=O)/C=C(/C)C(=O)Nc2cc(C(F)(F)F)ccc2Cl)cc1. The molecule has 5 nitrogen and oxygen atoms in total. The number of anilines is 2. The molecule has 0 saturated carbocycles. The van der Waals surface area contributed by atoms with Gasteiger partial charge >= 0.3 is 6.18 Å². The molecule has 2 aromatic rings. The van der Waals surface area contributed by atoms with Gasteiger partial charge in [0.2, 0.25) is 5.91 Å². The third kappa shape index (κ3) is 6.18. The summed E-state index contributed by atoms with van der Waals surface area (Å²) in [6, 6.07) is 8.67. The van der Waals surface area contributed by atoms with Crippen molar-refractivity contribution in [1.29, 1.82) is 0 Å². The number of benzene rings is 2. The minimum atomic E-state index is -4.59. The van der Waals surface area contributed by atoms with Crippen molar-refractivity contribution in [3.63, 3.8) is 0 Å². The van der Waals surface area contributed by atoms with Gasteiger partial charge in [-0.05, 0) is 56.3 Å². The van der Waals surface area contributed by atoms with E-state index in [1.165, 1.54) is 38.1 Å². The van der Waals surface area contributed by atoms with Crippen molar-refractivity contribution in [2.45, 2.75) is 20.0 Å². The Hall–Kier alpha value is -3.13. The van der Waals surface area contributed by atoms with Gasteiger partial charge < -0.3 is 10.6 Å². The summed E-state index contributed by atoms with van der Waals surface area (Å²) in [4.78, 5) is 35.5. The number of rotatable bonds is 5. The van der Waals surface area contributed by atoms with Crippen molar-refractivity contribution in [1.82, 2.24) is 0 Å². The van der Waals surface area contributed by atoms with Gasteiger partial charge in [-0.15, -0.1) is 0 Å². The average molecular weight is 425 g/mol. The van der Waals surface area contributed by atoms with Crippen LogP contribution in [0.2, 0.25) is 5.02 Å². The molecule has 0 aliphatic rings.